The highest BCUT2D eigenvalue weighted by molar-refractivity contribution is 8.15. The number of amides is 1. The molecule has 1 rings (SSSR count). The van der Waals surface area contributed by atoms with Crippen LogP contribution in [0.1, 0.15) is 12.8 Å². The van der Waals surface area contributed by atoms with E-state index in [0.29, 0.717) is 0 Å². The predicted octanol–water partition coefficient (Wildman–Crippen LogP) is 0.691. The van der Waals surface area contributed by atoms with Crippen molar-refractivity contribution in [1.82, 2.24) is 9.80 Å². The summed E-state index contributed by atoms with van der Waals surface area (Å²) in [5, 5.41) is 12.1. The van der Waals surface area contributed by atoms with Gasteiger partial charge in [0.05, 0.1) is 0 Å². The van der Waals surface area contributed by atoms with Gasteiger partial charge < -0.3 is 15.0 Å². The van der Waals surface area contributed by atoms with Crippen molar-refractivity contribution in [2.24, 2.45) is 5.16 Å². The molecule has 1 amide bonds. The molecule has 0 saturated carbocycles. The molecule has 1 heterocycles. The van der Waals surface area contributed by atoms with Crippen molar-refractivity contribution in [3.8, 4) is 0 Å². The Morgan fingerprint density at radius 3 is 2.56 bits per heavy atom. The Kier molecular flexibility index (Phi) is 5.62. The SMILES string of the molecule is CN(C)CCS/C(=N\O)C(=O)N1CCCC1. The monoisotopic (exact) mass is 245 g/mol. The van der Waals surface area contributed by atoms with E-state index in [-0.39, 0.29) is 11.0 Å². The first-order valence-corrected chi connectivity index (χ1v) is 6.42. The number of carbonyl (C=O) groups excluding carboxylic acids is 1. The van der Waals surface area contributed by atoms with Crippen LogP contribution in [0.25, 0.3) is 0 Å². The lowest BCUT2D eigenvalue weighted by atomic mass is 10.4. The summed E-state index contributed by atoms with van der Waals surface area (Å²) in [6.45, 7) is 2.43. The molecule has 0 bridgehead atoms. The largest absolute Gasteiger partial charge is 0.410 e. The van der Waals surface area contributed by atoms with E-state index in [4.69, 9.17) is 5.21 Å². The van der Waals surface area contributed by atoms with Gasteiger partial charge in [0.25, 0.3) is 5.91 Å². The third kappa shape index (κ3) is 4.02. The number of hydrogen-bond acceptors (Lipinski definition) is 5. The normalized spacial score (nSPS) is 17.2. The average molecular weight is 245 g/mol. The van der Waals surface area contributed by atoms with E-state index in [0.717, 1.165) is 38.2 Å². The summed E-state index contributed by atoms with van der Waals surface area (Å²) in [4.78, 5) is 15.6. The Hall–Kier alpha value is -0.750. The molecular weight excluding hydrogens is 226 g/mol. The lowest BCUT2D eigenvalue weighted by Crippen LogP contribution is -2.33. The zero-order chi connectivity index (χ0) is 12.0. The molecule has 1 fully saturated rings. The van der Waals surface area contributed by atoms with Crippen molar-refractivity contribution < 1.29 is 10.0 Å². The standard InChI is InChI=1S/C10H19N3O2S/c1-12(2)7-8-16-9(11-15)10(14)13-5-3-4-6-13/h15H,3-8H2,1-2H3/b11-9-. The van der Waals surface area contributed by atoms with Crippen molar-refractivity contribution in [2.45, 2.75) is 12.8 Å². The molecule has 0 unspecified atom stereocenters. The summed E-state index contributed by atoms with van der Waals surface area (Å²) in [7, 11) is 3.94. The van der Waals surface area contributed by atoms with Gasteiger partial charge in [0.2, 0.25) is 5.04 Å². The second-order valence-corrected chi connectivity index (χ2v) is 5.14. The molecule has 92 valence electrons. The smallest absolute Gasteiger partial charge is 0.282 e. The molecule has 0 spiro atoms. The second kappa shape index (κ2) is 6.75. The van der Waals surface area contributed by atoms with Gasteiger partial charge in [0.1, 0.15) is 0 Å². The van der Waals surface area contributed by atoms with Crippen LogP contribution in [0.3, 0.4) is 0 Å². The van der Waals surface area contributed by atoms with Gasteiger partial charge in [0, 0.05) is 25.4 Å². The average Bonchev–Trinajstić information content (AvgIpc) is 2.76. The van der Waals surface area contributed by atoms with E-state index < -0.39 is 0 Å². The van der Waals surface area contributed by atoms with Crippen LogP contribution < -0.4 is 0 Å². The van der Waals surface area contributed by atoms with Gasteiger partial charge in [-0.15, -0.1) is 0 Å². The highest BCUT2D eigenvalue weighted by Crippen LogP contribution is 2.13. The van der Waals surface area contributed by atoms with E-state index >= 15 is 0 Å². The molecule has 1 saturated heterocycles. The maximum absolute atomic E-state index is 11.9. The Balaban J connectivity index is 2.38. The molecule has 16 heavy (non-hydrogen) atoms. The van der Waals surface area contributed by atoms with Gasteiger partial charge in [-0.25, -0.2) is 0 Å². The number of rotatable bonds is 3. The van der Waals surface area contributed by atoms with Crippen LogP contribution in [0.2, 0.25) is 0 Å². The van der Waals surface area contributed by atoms with Crippen LogP contribution in [0, 0.1) is 0 Å². The zero-order valence-electron chi connectivity index (χ0n) is 9.85. The maximum Gasteiger partial charge on any atom is 0.282 e. The third-order valence-electron chi connectivity index (χ3n) is 2.44. The van der Waals surface area contributed by atoms with E-state index in [1.165, 1.54) is 11.8 Å². The molecule has 0 radical (unpaired) electrons. The summed E-state index contributed by atoms with van der Waals surface area (Å²) in [5.41, 5.74) is 0. The van der Waals surface area contributed by atoms with Crippen LogP contribution in [-0.4, -0.2) is 65.4 Å². The van der Waals surface area contributed by atoms with Crippen LogP contribution in [-0.2, 0) is 4.79 Å². The molecule has 0 aliphatic carbocycles. The number of thioether (sulfide) groups is 1. The molecular formula is C10H19N3O2S. The minimum atomic E-state index is -0.135. The van der Waals surface area contributed by atoms with Gasteiger partial charge in [0.15, 0.2) is 0 Å². The van der Waals surface area contributed by atoms with Crippen molar-refractivity contribution in [2.75, 3.05) is 39.5 Å². The van der Waals surface area contributed by atoms with Gasteiger partial charge in [-0.05, 0) is 26.9 Å². The number of hydrogen-bond donors (Lipinski definition) is 1. The third-order valence-corrected chi connectivity index (χ3v) is 3.36. The van der Waals surface area contributed by atoms with Crippen molar-refractivity contribution >= 4 is 22.7 Å². The van der Waals surface area contributed by atoms with Crippen molar-refractivity contribution in [3.05, 3.63) is 0 Å². The predicted molar refractivity (Wildman–Crippen MR) is 66.0 cm³/mol. The molecule has 0 aromatic rings. The van der Waals surface area contributed by atoms with E-state index in [1.54, 1.807) is 4.90 Å². The fourth-order valence-electron chi connectivity index (χ4n) is 1.51. The molecule has 1 N–H and O–H groups in total. The van der Waals surface area contributed by atoms with Gasteiger partial charge >= 0.3 is 0 Å². The van der Waals surface area contributed by atoms with Gasteiger partial charge in [-0.1, -0.05) is 16.9 Å². The Morgan fingerprint density at radius 2 is 2.06 bits per heavy atom. The molecule has 5 nitrogen and oxygen atoms in total. The summed E-state index contributed by atoms with van der Waals surface area (Å²) in [5.74, 6) is 0.621. The first kappa shape index (κ1) is 13.3. The molecule has 6 heteroatoms. The number of carbonyl (C=O) groups is 1. The van der Waals surface area contributed by atoms with Crippen LogP contribution in [0.4, 0.5) is 0 Å². The number of oxime groups is 1. The maximum atomic E-state index is 11.9. The van der Waals surface area contributed by atoms with Crippen LogP contribution in [0.15, 0.2) is 5.16 Å². The second-order valence-electron chi connectivity index (χ2n) is 4.06. The van der Waals surface area contributed by atoms with Crippen LogP contribution in [0.5, 0.6) is 0 Å². The molecule has 1 aliphatic heterocycles. The summed E-state index contributed by atoms with van der Waals surface area (Å²) >= 11 is 1.31. The lowest BCUT2D eigenvalue weighted by Gasteiger charge is -2.15. The quantitative estimate of drug-likeness (QED) is 0.344. The zero-order valence-corrected chi connectivity index (χ0v) is 10.7. The highest BCUT2D eigenvalue weighted by atomic mass is 32.2. The summed E-state index contributed by atoms with van der Waals surface area (Å²) in [6.07, 6.45) is 2.10. The molecule has 0 atom stereocenters. The van der Waals surface area contributed by atoms with Gasteiger partial charge in [-0.2, -0.15) is 0 Å². The molecule has 0 aromatic heterocycles. The number of nitrogens with zero attached hydrogens (tertiary/aromatic N) is 3. The van der Waals surface area contributed by atoms with Crippen LogP contribution >= 0.6 is 11.8 Å². The highest BCUT2D eigenvalue weighted by Gasteiger charge is 2.23. The molecule has 1 aliphatic rings. The summed E-state index contributed by atoms with van der Waals surface area (Å²) in [6, 6.07) is 0. The Labute approximate surface area is 100 Å². The fraction of sp³-hybridized carbons (Fsp3) is 0.800. The first-order chi connectivity index (χ1) is 7.65. The van der Waals surface area contributed by atoms with Crippen molar-refractivity contribution in [1.29, 1.82) is 0 Å². The van der Waals surface area contributed by atoms with Crippen molar-refractivity contribution in [3.63, 3.8) is 0 Å². The lowest BCUT2D eigenvalue weighted by molar-refractivity contribution is -0.122. The first-order valence-electron chi connectivity index (χ1n) is 5.44. The minimum Gasteiger partial charge on any atom is -0.410 e. The van der Waals surface area contributed by atoms with E-state index in [9.17, 15) is 4.79 Å². The Bertz CT molecular complexity index is 263. The molecule has 0 aromatic carbocycles. The van der Waals surface area contributed by atoms with Gasteiger partial charge in [-0.3, -0.25) is 4.79 Å². The van der Waals surface area contributed by atoms with E-state index in [1.807, 2.05) is 19.0 Å². The fourth-order valence-corrected chi connectivity index (χ4v) is 2.47. The topological polar surface area (TPSA) is 56.1 Å². The number of likely N-dealkylation sites (tertiary alicyclic amines) is 1. The summed E-state index contributed by atoms with van der Waals surface area (Å²) < 4.78 is 0. The minimum absolute atomic E-state index is 0.135. The Morgan fingerprint density at radius 1 is 1.44 bits per heavy atom. The van der Waals surface area contributed by atoms with E-state index in [2.05, 4.69) is 5.16 Å².